The van der Waals surface area contributed by atoms with Gasteiger partial charge in [-0.05, 0) is 6.42 Å². The number of hydrogen-bond acceptors (Lipinski definition) is 3. The summed E-state index contributed by atoms with van der Waals surface area (Å²) in [6.07, 6.45) is 24.0. The molecule has 0 spiro atoms. The van der Waals surface area contributed by atoms with E-state index in [9.17, 15) is 4.79 Å². The Kier molecular flexibility index (Phi) is 20.7. The van der Waals surface area contributed by atoms with Crippen LogP contribution in [0.25, 0.3) is 0 Å². The van der Waals surface area contributed by atoms with Gasteiger partial charge in [-0.1, -0.05) is 116 Å². The number of carbonyl (C=O) groups excluding carboxylic acids is 1. The van der Waals surface area contributed by atoms with E-state index in [0.717, 1.165) is 12.8 Å². The van der Waals surface area contributed by atoms with Crippen molar-refractivity contribution in [3.05, 3.63) is 0 Å². The first-order chi connectivity index (χ1) is 12.3. The normalized spacial score (nSPS) is 10.8. The van der Waals surface area contributed by atoms with Crippen LogP contribution in [0.2, 0.25) is 0 Å². The van der Waals surface area contributed by atoms with Gasteiger partial charge in [0.2, 0.25) is 0 Å². The van der Waals surface area contributed by atoms with Crippen LogP contribution in [0.1, 0.15) is 122 Å². The summed E-state index contributed by atoms with van der Waals surface area (Å²) >= 11 is 0. The van der Waals surface area contributed by atoms with Crippen LogP contribution < -0.4 is 0 Å². The Morgan fingerprint density at radius 3 is 1.20 bits per heavy atom. The van der Waals surface area contributed by atoms with E-state index >= 15 is 0 Å². The van der Waals surface area contributed by atoms with Crippen molar-refractivity contribution < 1.29 is 14.3 Å². The molecule has 150 valence electrons. The van der Waals surface area contributed by atoms with Crippen molar-refractivity contribution in [1.82, 2.24) is 0 Å². The van der Waals surface area contributed by atoms with Gasteiger partial charge in [0.25, 0.3) is 0 Å². The van der Waals surface area contributed by atoms with Gasteiger partial charge < -0.3 is 9.47 Å². The highest BCUT2D eigenvalue weighted by Gasteiger charge is 1.99. The van der Waals surface area contributed by atoms with E-state index in [2.05, 4.69) is 11.7 Å². The summed E-state index contributed by atoms with van der Waals surface area (Å²) in [4.78, 5) is 10.7. The highest BCUT2D eigenvalue weighted by Crippen LogP contribution is 2.14. The molecule has 0 bridgehead atoms. The van der Waals surface area contributed by atoms with Crippen LogP contribution in [0.15, 0.2) is 0 Å². The topological polar surface area (TPSA) is 35.5 Å². The van der Waals surface area contributed by atoms with E-state index in [1.54, 1.807) is 0 Å². The molecule has 3 heteroatoms. The molecule has 0 radical (unpaired) electrons. The molecule has 0 rings (SSSR count). The summed E-state index contributed by atoms with van der Waals surface area (Å²) in [7, 11) is 1.35. The first-order valence-corrected chi connectivity index (χ1v) is 11.0. The lowest BCUT2D eigenvalue weighted by Gasteiger charge is -2.04. The minimum Gasteiger partial charge on any atom is -0.438 e. The standard InChI is InChI=1S/C22H44O3/c1-3-4-5-6-7-8-9-10-11-12-13-14-15-16-17-18-19-20-21-25-22(23)24-2/h3-21H2,1-2H3. The lowest BCUT2D eigenvalue weighted by molar-refractivity contribution is 0.0713. The highest BCUT2D eigenvalue weighted by atomic mass is 16.7. The van der Waals surface area contributed by atoms with Crippen molar-refractivity contribution in [1.29, 1.82) is 0 Å². The molecule has 0 heterocycles. The molecule has 0 aromatic rings. The third-order valence-corrected chi connectivity index (χ3v) is 4.88. The Balaban J connectivity index is 2.99. The maximum atomic E-state index is 10.7. The van der Waals surface area contributed by atoms with Crippen LogP contribution in [0, 0.1) is 0 Å². The second-order valence-corrected chi connectivity index (χ2v) is 7.31. The van der Waals surface area contributed by atoms with E-state index < -0.39 is 6.16 Å². The van der Waals surface area contributed by atoms with Gasteiger partial charge in [-0.3, -0.25) is 0 Å². The zero-order valence-corrected chi connectivity index (χ0v) is 17.2. The molecule has 0 aliphatic carbocycles. The van der Waals surface area contributed by atoms with E-state index in [-0.39, 0.29) is 0 Å². The molecule has 0 N–H and O–H groups in total. The maximum Gasteiger partial charge on any atom is 0.507 e. The Hall–Kier alpha value is -0.730. The van der Waals surface area contributed by atoms with Gasteiger partial charge in [0.05, 0.1) is 13.7 Å². The molecule has 0 aromatic heterocycles. The lowest BCUT2D eigenvalue weighted by atomic mass is 10.0. The number of rotatable bonds is 19. The van der Waals surface area contributed by atoms with E-state index in [1.165, 1.54) is 110 Å². The van der Waals surface area contributed by atoms with Crippen LogP contribution in [0.4, 0.5) is 4.79 Å². The van der Waals surface area contributed by atoms with Crippen LogP contribution in [0.3, 0.4) is 0 Å². The second-order valence-electron chi connectivity index (χ2n) is 7.31. The molecule has 0 fully saturated rings. The monoisotopic (exact) mass is 356 g/mol. The third-order valence-electron chi connectivity index (χ3n) is 4.88. The first kappa shape index (κ1) is 24.3. The van der Waals surface area contributed by atoms with Crippen molar-refractivity contribution in [3.8, 4) is 0 Å². The van der Waals surface area contributed by atoms with Gasteiger partial charge >= 0.3 is 6.16 Å². The van der Waals surface area contributed by atoms with Crippen molar-refractivity contribution in [2.24, 2.45) is 0 Å². The fourth-order valence-electron chi connectivity index (χ4n) is 3.22. The first-order valence-electron chi connectivity index (χ1n) is 11.0. The molecule has 0 amide bonds. The van der Waals surface area contributed by atoms with Crippen LogP contribution in [-0.4, -0.2) is 19.9 Å². The quantitative estimate of drug-likeness (QED) is 0.175. The van der Waals surface area contributed by atoms with Gasteiger partial charge in [-0.2, -0.15) is 0 Å². The molecular formula is C22H44O3. The molecule has 0 aromatic carbocycles. The summed E-state index contributed by atoms with van der Waals surface area (Å²) in [5.41, 5.74) is 0. The zero-order chi connectivity index (χ0) is 18.4. The van der Waals surface area contributed by atoms with Crippen molar-refractivity contribution >= 4 is 6.16 Å². The van der Waals surface area contributed by atoms with Gasteiger partial charge in [-0.15, -0.1) is 0 Å². The molecule has 0 aliphatic heterocycles. The number of hydrogen-bond donors (Lipinski definition) is 0. The average Bonchev–Trinajstić information content (AvgIpc) is 2.63. The Morgan fingerprint density at radius 1 is 0.560 bits per heavy atom. The number of unbranched alkanes of at least 4 members (excludes halogenated alkanes) is 17. The third kappa shape index (κ3) is 21.2. The highest BCUT2D eigenvalue weighted by molar-refractivity contribution is 5.59. The van der Waals surface area contributed by atoms with Crippen molar-refractivity contribution in [2.45, 2.75) is 122 Å². The minimum absolute atomic E-state index is 0.491. The largest absolute Gasteiger partial charge is 0.507 e. The maximum absolute atomic E-state index is 10.7. The fourth-order valence-corrected chi connectivity index (χ4v) is 3.22. The molecule has 25 heavy (non-hydrogen) atoms. The van der Waals surface area contributed by atoms with Gasteiger partial charge in [0.15, 0.2) is 0 Å². The predicted molar refractivity (Wildman–Crippen MR) is 107 cm³/mol. The van der Waals surface area contributed by atoms with E-state index in [1.807, 2.05) is 0 Å². The minimum atomic E-state index is -0.563. The molecule has 0 aliphatic rings. The van der Waals surface area contributed by atoms with E-state index in [0.29, 0.717) is 6.61 Å². The van der Waals surface area contributed by atoms with Crippen molar-refractivity contribution in [3.63, 3.8) is 0 Å². The zero-order valence-electron chi connectivity index (χ0n) is 17.2. The summed E-state index contributed by atoms with van der Waals surface area (Å²) in [5, 5.41) is 0. The van der Waals surface area contributed by atoms with Crippen molar-refractivity contribution in [2.75, 3.05) is 13.7 Å². The number of ether oxygens (including phenoxy) is 2. The SMILES string of the molecule is CCCCCCCCCCCCCCCCCCCCOC(=O)OC. The Labute approximate surface area is 157 Å². The summed E-state index contributed by atoms with van der Waals surface area (Å²) < 4.78 is 9.28. The molecule has 3 nitrogen and oxygen atoms in total. The average molecular weight is 357 g/mol. The lowest BCUT2D eigenvalue weighted by Crippen LogP contribution is -2.05. The number of carbonyl (C=O) groups is 1. The Morgan fingerprint density at radius 2 is 0.880 bits per heavy atom. The molecule has 0 unspecified atom stereocenters. The smallest absolute Gasteiger partial charge is 0.438 e. The predicted octanol–water partition coefficient (Wildman–Crippen LogP) is 7.81. The second kappa shape index (κ2) is 21.3. The van der Waals surface area contributed by atoms with E-state index in [4.69, 9.17) is 4.74 Å². The van der Waals surface area contributed by atoms with Gasteiger partial charge in [0, 0.05) is 0 Å². The summed E-state index contributed by atoms with van der Waals surface area (Å²) in [5.74, 6) is 0. The van der Waals surface area contributed by atoms with Crippen LogP contribution >= 0.6 is 0 Å². The van der Waals surface area contributed by atoms with Gasteiger partial charge in [-0.25, -0.2) is 4.79 Å². The molecule has 0 saturated carbocycles. The number of methoxy groups -OCH3 is 1. The van der Waals surface area contributed by atoms with Crippen LogP contribution in [0.5, 0.6) is 0 Å². The molecular weight excluding hydrogens is 312 g/mol. The van der Waals surface area contributed by atoms with Gasteiger partial charge in [0.1, 0.15) is 0 Å². The summed E-state index contributed by atoms with van der Waals surface area (Å²) in [6, 6.07) is 0. The molecule has 0 saturated heterocycles. The Bertz CT molecular complexity index is 266. The van der Waals surface area contributed by atoms with Crippen LogP contribution in [-0.2, 0) is 9.47 Å². The fraction of sp³-hybridized carbons (Fsp3) is 0.955. The summed E-state index contributed by atoms with van der Waals surface area (Å²) in [6.45, 7) is 2.77. The molecule has 0 atom stereocenters.